The smallest absolute Gasteiger partial charge is 0.135 e. The first-order valence-corrected chi connectivity index (χ1v) is 19.3. The van der Waals surface area contributed by atoms with Gasteiger partial charge in [-0.3, -0.25) is 0 Å². The van der Waals surface area contributed by atoms with Crippen molar-refractivity contribution in [1.82, 2.24) is 9.55 Å². The van der Waals surface area contributed by atoms with Crippen LogP contribution in [-0.4, -0.2) is 9.55 Å². The summed E-state index contributed by atoms with van der Waals surface area (Å²) in [6.45, 7) is 16.4. The molecule has 1 aliphatic heterocycles. The molecule has 0 saturated carbocycles. The van der Waals surface area contributed by atoms with Crippen LogP contribution in [0.25, 0.3) is 38.8 Å². The Morgan fingerprint density at radius 2 is 1.30 bits per heavy atom. The number of fused-ring (bicyclic) bond motifs is 4. The number of hydrogen-bond donors (Lipinski definition) is 0. The van der Waals surface area contributed by atoms with E-state index in [1.54, 1.807) is 0 Å². The Labute approximate surface area is 350 Å². The van der Waals surface area contributed by atoms with Crippen molar-refractivity contribution in [3.05, 3.63) is 181 Å². The Balaban J connectivity index is 0.00000455. The third-order valence-corrected chi connectivity index (χ3v) is 10.7. The predicted octanol–water partition coefficient (Wildman–Crippen LogP) is 13.1. The number of nitrogens with zero attached hydrogens (tertiary/aromatic N) is 4. The largest absolute Gasteiger partial charge is 0.509 e. The Kier molecular flexibility index (Phi) is 10.1. The van der Waals surface area contributed by atoms with Crippen LogP contribution in [0.2, 0.25) is 0 Å². The molecule has 5 nitrogen and oxygen atoms in total. The van der Waals surface area contributed by atoms with Gasteiger partial charge in [-0.05, 0) is 68.8 Å². The minimum atomic E-state index is -0.0307. The van der Waals surface area contributed by atoms with Crippen molar-refractivity contribution in [2.75, 3.05) is 9.80 Å². The van der Waals surface area contributed by atoms with Crippen LogP contribution in [-0.2, 0) is 38.4 Å². The third-order valence-electron chi connectivity index (χ3n) is 10.7. The van der Waals surface area contributed by atoms with Crippen LogP contribution in [0, 0.1) is 18.8 Å². The van der Waals surface area contributed by atoms with E-state index in [9.17, 15) is 0 Å². The van der Waals surface area contributed by atoms with E-state index >= 15 is 0 Å². The van der Waals surface area contributed by atoms with Gasteiger partial charge in [-0.1, -0.05) is 132 Å². The van der Waals surface area contributed by atoms with Crippen LogP contribution in [0.5, 0.6) is 11.5 Å². The van der Waals surface area contributed by atoms with Gasteiger partial charge in [0.05, 0.1) is 0 Å². The Bertz CT molecular complexity index is 2710. The molecule has 8 aromatic rings. The zero-order chi connectivity index (χ0) is 38.6. The van der Waals surface area contributed by atoms with Crippen molar-refractivity contribution in [1.29, 1.82) is 0 Å². The standard InChI is InChI=1S/C51H45N4O.Pt/c1-50(2,3)38-21-24-45-44(29-38)43-23-22-41(32-48(43)55(45)49-30-39(25-26-52-49)51(4,5)6)56-42-28-37(36-17-11-8-12-18-36)27-40(31-42)54-34-53(33-35-15-9-7-10-16-35)46-19-13-14-20-47(46)54;/h7-30,34H,33H2,1-6H3;/q-3;. The zero-order valence-corrected chi connectivity index (χ0v) is 35.4. The molecule has 0 fully saturated rings. The van der Waals surface area contributed by atoms with Crippen molar-refractivity contribution in [2.24, 2.45) is 0 Å². The molecule has 6 aromatic carbocycles. The fraction of sp³-hybridized carbons (Fsp3) is 0.176. The van der Waals surface area contributed by atoms with Gasteiger partial charge >= 0.3 is 0 Å². The number of ether oxygens (including phenoxy) is 1. The number of rotatable bonds is 7. The molecule has 1 aliphatic rings. The quantitative estimate of drug-likeness (QED) is 0.149. The van der Waals surface area contributed by atoms with Crippen LogP contribution in [0.3, 0.4) is 0 Å². The molecule has 0 bridgehead atoms. The summed E-state index contributed by atoms with van der Waals surface area (Å²) in [7, 11) is 0. The molecule has 57 heavy (non-hydrogen) atoms. The molecule has 0 aliphatic carbocycles. The normalized spacial score (nSPS) is 12.9. The molecule has 0 radical (unpaired) electrons. The molecule has 3 heterocycles. The van der Waals surface area contributed by atoms with E-state index in [-0.39, 0.29) is 31.9 Å². The maximum absolute atomic E-state index is 6.80. The predicted molar refractivity (Wildman–Crippen MR) is 231 cm³/mol. The van der Waals surface area contributed by atoms with Gasteiger partial charge in [-0.15, -0.1) is 47.0 Å². The van der Waals surface area contributed by atoms with Gasteiger partial charge in [0.2, 0.25) is 0 Å². The zero-order valence-electron chi connectivity index (χ0n) is 33.2. The molecule has 9 rings (SSSR count). The van der Waals surface area contributed by atoms with E-state index in [2.05, 4.69) is 202 Å². The van der Waals surface area contributed by atoms with E-state index < -0.39 is 0 Å². The molecule has 0 spiro atoms. The van der Waals surface area contributed by atoms with Crippen LogP contribution < -0.4 is 14.5 Å². The van der Waals surface area contributed by atoms with E-state index in [1.165, 1.54) is 22.1 Å². The maximum Gasteiger partial charge on any atom is 0.135 e. The number of pyridine rings is 1. The second-order valence-corrected chi connectivity index (χ2v) is 16.7. The summed E-state index contributed by atoms with van der Waals surface area (Å²) in [6, 6.07) is 56.4. The summed E-state index contributed by atoms with van der Waals surface area (Å²) in [6.07, 6.45) is 1.91. The van der Waals surface area contributed by atoms with Crippen molar-refractivity contribution in [3.63, 3.8) is 0 Å². The molecule has 288 valence electrons. The van der Waals surface area contributed by atoms with Crippen molar-refractivity contribution < 1.29 is 25.8 Å². The molecular formula is C51H45N4OPt-3. The van der Waals surface area contributed by atoms with Crippen LogP contribution in [0.4, 0.5) is 17.1 Å². The summed E-state index contributed by atoms with van der Waals surface area (Å²) in [5.41, 5.74) is 11.0. The Hall–Kier alpha value is -5.64. The van der Waals surface area contributed by atoms with E-state index in [0.717, 1.165) is 57.0 Å². The van der Waals surface area contributed by atoms with Gasteiger partial charge in [0, 0.05) is 62.2 Å². The Morgan fingerprint density at radius 3 is 2.04 bits per heavy atom. The van der Waals surface area contributed by atoms with Gasteiger partial charge < -0.3 is 19.1 Å². The van der Waals surface area contributed by atoms with Gasteiger partial charge in [0.25, 0.3) is 0 Å². The minimum absolute atomic E-state index is 0. The van der Waals surface area contributed by atoms with Crippen molar-refractivity contribution in [2.45, 2.75) is 58.9 Å². The molecular weight excluding hydrogens is 880 g/mol. The molecule has 0 N–H and O–H groups in total. The molecule has 0 atom stereocenters. The van der Waals surface area contributed by atoms with Gasteiger partial charge in [-0.25, -0.2) is 4.98 Å². The molecule has 2 aromatic heterocycles. The number of aromatic nitrogens is 2. The summed E-state index contributed by atoms with van der Waals surface area (Å²) in [5, 5.41) is 2.27. The first-order chi connectivity index (χ1) is 27.0. The Morgan fingerprint density at radius 1 is 0.614 bits per heavy atom. The molecule has 0 unspecified atom stereocenters. The summed E-state index contributed by atoms with van der Waals surface area (Å²) >= 11 is 0. The van der Waals surface area contributed by atoms with Gasteiger partial charge in [0.15, 0.2) is 0 Å². The van der Waals surface area contributed by atoms with Crippen molar-refractivity contribution in [3.8, 4) is 28.4 Å². The number of hydrogen-bond acceptors (Lipinski definition) is 4. The average Bonchev–Trinajstić information content (AvgIpc) is 3.73. The van der Waals surface area contributed by atoms with Gasteiger partial charge in [-0.2, -0.15) is 12.7 Å². The number of para-hydroxylation sites is 2. The minimum Gasteiger partial charge on any atom is -0.509 e. The second-order valence-electron chi connectivity index (χ2n) is 16.7. The number of anilines is 3. The third kappa shape index (κ3) is 7.49. The summed E-state index contributed by atoms with van der Waals surface area (Å²) < 4.78 is 9.03. The first-order valence-electron chi connectivity index (χ1n) is 19.3. The van der Waals surface area contributed by atoms with Crippen LogP contribution >= 0.6 is 0 Å². The van der Waals surface area contributed by atoms with Crippen LogP contribution in [0.1, 0.15) is 58.2 Å². The molecule has 6 heteroatoms. The number of benzene rings is 6. The monoisotopic (exact) mass is 924 g/mol. The fourth-order valence-corrected chi connectivity index (χ4v) is 7.60. The maximum atomic E-state index is 6.80. The molecule has 0 saturated heterocycles. The summed E-state index contributed by atoms with van der Waals surface area (Å²) in [5.74, 6) is 2.07. The summed E-state index contributed by atoms with van der Waals surface area (Å²) in [4.78, 5) is 9.42. The average molecular weight is 925 g/mol. The van der Waals surface area contributed by atoms with Gasteiger partial charge in [0.1, 0.15) is 5.82 Å². The van der Waals surface area contributed by atoms with E-state index in [1.807, 2.05) is 18.3 Å². The fourth-order valence-electron chi connectivity index (χ4n) is 7.60. The SMILES string of the molecule is CC(C)(C)c1ccnc(-n2c3[c-]c(Oc4[c-]c(N5[CH-]N(Cc6ccccc6)c6ccccc65)cc(-c5ccccc5)c4)ccc3c3cc(C(C)(C)C)ccc32)c1.[Pt]. The van der Waals surface area contributed by atoms with Crippen molar-refractivity contribution >= 4 is 38.9 Å². The topological polar surface area (TPSA) is 33.5 Å². The molecule has 0 amide bonds. The van der Waals surface area contributed by atoms with E-state index in [4.69, 9.17) is 9.72 Å². The van der Waals surface area contributed by atoms with Crippen LogP contribution in [0.15, 0.2) is 146 Å². The van der Waals surface area contributed by atoms with E-state index in [0.29, 0.717) is 11.5 Å². The first kappa shape index (κ1) is 38.2. The second kappa shape index (κ2) is 15.0.